The summed E-state index contributed by atoms with van der Waals surface area (Å²) in [7, 11) is 1.05. The van der Waals surface area contributed by atoms with Crippen LogP contribution < -0.4 is 5.73 Å². The van der Waals surface area contributed by atoms with Crippen LogP contribution in [0.1, 0.15) is 24.2 Å². The van der Waals surface area contributed by atoms with E-state index >= 15 is 0 Å². The Bertz CT molecular complexity index is 363. The SMILES string of the molecule is COC(c1cccc(CC(C)N)c1)C(F)(F)F. The van der Waals surface area contributed by atoms with Gasteiger partial charge in [-0.25, -0.2) is 0 Å². The van der Waals surface area contributed by atoms with Crippen LogP contribution >= 0.6 is 0 Å². The molecule has 0 saturated heterocycles. The minimum Gasteiger partial charge on any atom is -0.367 e. The van der Waals surface area contributed by atoms with Gasteiger partial charge >= 0.3 is 6.18 Å². The van der Waals surface area contributed by atoms with Gasteiger partial charge in [-0.2, -0.15) is 13.2 Å². The summed E-state index contributed by atoms with van der Waals surface area (Å²) in [5, 5.41) is 0. The highest BCUT2D eigenvalue weighted by molar-refractivity contribution is 5.26. The van der Waals surface area contributed by atoms with Crippen LogP contribution in [0.5, 0.6) is 0 Å². The first-order valence-corrected chi connectivity index (χ1v) is 5.28. The molecule has 2 atom stereocenters. The van der Waals surface area contributed by atoms with Crippen LogP contribution in [0.15, 0.2) is 24.3 Å². The largest absolute Gasteiger partial charge is 0.418 e. The third-order valence-corrected chi connectivity index (χ3v) is 2.34. The van der Waals surface area contributed by atoms with Gasteiger partial charge in [0.1, 0.15) is 0 Å². The Morgan fingerprint density at radius 2 is 2.00 bits per heavy atom. The molecule has 5 heteroatoms. The average Bonchev–Trinajstić information content (AvgIpc) is 2.15. The lowest BCUT2D eigenvalue weighted by molar-refractivity contribution is -0.215. The Morgan fingerprint density at radius 3 is 2.47 bits per heavy atom. The molecule has 96 valence electrons. The van der Waals surface area contributed by atoms with E-state index in [0.717, 1.165) is 12.7 Å². The maximum Gasteiger partial charge on any atom is 0.418 e. The minimum atomic E-state index is -4.40. The van der Waals surface area contributed by atoms with Crippen molar-refractivity contribution in [3.8, 4) is 0 Å². The fourth-order valence-electron chi connectivity index (χ4n) is 1.71. The van der Waals surface area contributed by atoms with Gasteiger partial charge in [0, 0.05) is 13.2 Å². The fourth-order valence-corrected chi connectivity index (χ4v) is 1.71. The molecule has 0 amide bonds. The summed E-state index contributed by atoms with van der Waals surface area (Å²) in [5.41, 5.74) is 6.51. The number of ether oxygens (including phenoxy) is 1. The molecule has 2 N–H and O–H groups in total. The van der Waals surface area contributed by atoms with E-state index in [0.29, 0.717) is 6.42 Å². The van der Waals surface area contributed by atoms with Crippen molar-refractivity contribution in [1.82, 2.24) is 0 Å². The van der Waals surface area contributed by atoms with Gasteiger partial charge in [-0.3, -0.25) is 0 Å². The Kier molecular flexibility index (Phi) is 4.54. The summed E-state index contributed by atoms with van der Waals surface area (Å²) in [6.45, 7) is 1.81. The molecule has 0 aromatic heterocycles. The van der Waals surface area contributed by atoms with E-state index in [2.05, 4.69) is 4.74 Å². The van der Waals surface area contributed by atoms with Crippen molar-refractivity contribution in [3.63, 3.8) is 0 Å². The molecule has 0 radical (unpaired) electrons. The lowest BCUT2D eigenvalue weighted by Crippen LogP contribution is -2.23. The standard InChI is InChI=1S/C12H16F3NO/c1-8(16)6-9-4-3-5-10(7-9)11(17-2)12(13,14)15/h3-5,7-8,11H,6,16H2,1-2H3. The second kappa shape index (κ2) is 5.51. The van der Waals surface area contributed by atoms with Crippen LogP contribution in [0.25, 0.3) is 0 Å². The predicted molar refractivity (Wildman–Crippen MR) is 59.6 cm³/mol. The number of hydrogen-bond acceptors (Lipinski definition) is 2. The summed E-state index contributed by atoms with van der Waals surface area (Å²) >= 11 is 0. The summed E-state index contributed by atoms with van der Waals surface area (Å²) in [6, 6.07) is 6.16. The highest BCUT2D eigenvalue weighted by Gasteiger charge is 2.41. The van der Waals surface area contributed by atoms with Gasteiger partial charge in [0.05, 0.1) is 0 Å². The maximum absolute atomic E-state index is 12.7. The molecule has 1 aromatic rings. The molecule has 1 rings (SSSR count). The van der Waals surface area contributed by atoms with E-state index < -0.39 is 12.3 Å². The van der Waals surface area contributed by atoms with Gasteiger partial charge in [-0.05, 0) is 24.5 Å². The molecule has 17 heavy (non-hydrogen) atoms. The number of methoxy groups -OCH3 is 1. The van der Waals surface area contributed by atoms with Crippen molar-refractivity contribution in [1.29, 1.82) is 0 Å². The zero-order valence-electron chi connectivity index (χ0n) is 9.79. The summed E-state index contributed by atoms with van der Waals surface area (Å²) < 4.78 is 42.5. The van der Waals surface area contributed by atoms with Crippen LogP contribution in [-0.2, 0) is 11.2 Å². The highest BCUT2D eigenvalue weighted by atomic mass is 19.4. The molecule has 2 nitrogen and oxygen atoms in total. The van der Waals surface area contributed by atoms with Crippen molar-refractivity contribution >= 4 is 0 Å². The lowest BCUT2D eigenvalue weighted by Gasteiger charge is -2.19. The molecular formula is C12H16F3NO. The predicted octanol–water partition coefficient (Wildman–Crippen LogP) is 2.83. The van der Waals surface area contributed by atoms with Crippen molar-refractivity contribution in [2.75, 3.05) is 7.11 Å². The molecule has 0 aliphatic carbocycles. The quantitative estimate of drug-likeness (QED) is 0.888. The second-order valence-corrected chi connectivity index (χ2v) is 4.08. The molecule has 0 bridgehead atoms. The third-order valence-electron chi connectivity index (χ3n) is 2.34. The van der Waals surface area contributed by atoms with E-state index in [1.807, 2.05) is 6.92 Å². The number of rotatable bonds is 4. The van der Waals surface area contributed by atoms with Crippen LogP contribution in [0.3, 0.4) is 0 Å². The van der Waals surface area contributed by atoms with Crippen molar-refractivity contribution in [3.05, 3.63) is 35.4 Å². The van der Waals surface area contributed by atoms with Crippen LogP contribution in [-0.4, -0.2) is 19.3 Å². The average molecular weight is 247 g/mol. The van der Waals surface area contributed by atoms with Crippen LogP contribution in [0, 0.1) is 0 Å². The molecule has 0 aliphatic rings. The number of benzene rings is 1. The molecule has 0 aliphatic heterocycles. The first-order chi connectivity index (χ1) is 7.84. The first-order valence-electron chi connectivity index (χ1n) is 5.28. The highest BCUT2D eigenvalue weighted by Crippen LogP contribution is 2.35. The van der Waals surface area contributed by atoms with Crippen molar-refractivity contribution in [2.24, 2.45) is 5.73 Å². The van der Waals surface area contributed by atoms with E-state index in [1.54, 1.807) is 12.1 Å². The first kappa shape index (κ1) is 14.0. The van der Waals surface area contributed by atoms with Gasteiger partial charge in [0.15, 0.2) is 6.10 Å². The zero-order valence-corrected chi connectivity index (χ0v) is 9.79. The monoisotopic (exact) mass is 247 g/mol. The normalized spacial score (nSPS) is 15.6. The minimum absolute atomic E-state index is 0.0860. The lowest BCUT2D eigenvalue weighted by atomic mass is 10.0. The number of alkyl halides is 3. The molecular weight excluding hydrogens is 231 g/mol. The Hall–Kier alpha value is -1.07. The summed E-state index contributed by atoms with van der Waals surface area (Å²) in [5.74, 6) is 0. The third kappa shape index (κ3) is 4.02. The topological polar surface area (TPSA) is 35.2 Å². The van der Waals surface area contributed by atoms with E-state index in [9.17, 15) is 13.2 Å². The van der Waals surface area contributed by atoms with Gasteiger partial charge in [0.25, 0.3) is 0 Å². The molecule has 0 saturated carbocycles. The van der Waals surface area contributed by atoms with E-state index in [4.69, 9.17) is 5.73 Å². The van der Waals surface area contributed by atoms with Gasteiger partial charge in [-0.15, -0.1) is 0 Å². The zero-order chi connectivity index (χ0) is 13.1. The van der Waals surface area contributed by atoms with Gasteiger partial charge in [-0.1, -0.05) is 24.3 Å². The number of hydrogen-bond donors (Lipinski definition) is 1. The van der Waals surface area contributed by atoms with E-state index in [1.165, 1.54) is 12.1 Å². The fraction of sp³-hybridized carbons (Fsp3) is 0.500. The van der Waals surface area contributed by atoms with Gasteiger partial charge < -0.3 is 10.5 Å². The van der Waals surface area contributed by atoms with Crippen LogP contribution in [0.4, 0.5) is 13.2 Å². The summed E-state index contributed by atoms with van der Waals surface area (Å²) in [6.07, 6.45) is -5.74. The molecule has 1 aromatic carbocycles. The summed E-state index contributed by atoms with van der Waals surface area (Å²) in [4.78, 5) is 0. The maximum atomic E-state index is 12.7. The Balaban J connectivity index is 2.97. The smallest absolute Gasteiger partial charge is 0.367 e. The van der Waals surface area contributed by atoms with Crippen LogP contribution in [0.2, 0.25) is 0 Å². The second-order valence-electron chi connectivity index (χ2n) is 4.08. The van der Waals surface area contributed by atoms with Crippen molar-refractivity contribution in [2.45, 2.75) is 31.7 Å². The van der Waals surface area contributed by atoms with Gasteiger partial charge in [0.2, 0.25) is 0 Å². The Labute approximate surface area is 98.6 Å². The molecule has 0 fully saturated rings. The number of nitrogens with two attached hydrogens (primary N) is 1. The Morgan fingerprint density at radius 1 is 1.35 bits per heavy atom. The molecule has 2 unspecified atom stereocenters. The molecule has 0 heterocycles. The van der Waals surface area contributed by atoms with Crippen molar-refractivity contribution < 1.29 is 17.9 Å². The molecule has 0 spiro atoms. The number of halogens is 3. The van der Waals surface area contributed by atoms with E-state index in [-0.39, 0.29) is 11.6 Å².